The van der Waals surface area contributed by atoms with Crippen molar-refractivity contribution in [1.29, 1.82) is 0 Å². The van der Waals surface area contributed by atoms with E-state index in [0.29, 0.717) is 11.7 Å². The number of hydrogen-bond acceptors (Lipinski definition) is 4. The van der Waals surface area contributed by atoms with Crippen LogP contribution < -0.4 is 10.1 Å². The Kier molecular flexibility index (Phi) is 6.80. The summed E-state index contributed by atoms with van der Waals surface area (Å²) in [4.78, 5) is 10.9. The molecule has 178 valence electrons. The zero-order valence-corrected chi connectivity index (χ0v) is 19.5. The molecule has 6 heteroatoms. The molecule has 2 aromatic carbocycles. The molecule has 0 saturated heterocycles. The van der Waals surface area contributed by atoms with Crippen molar-refractivity contribution in [2.75, 3.05) is 6.61 Å². The highest BCUT2D eigenvalue weighted by Crippen LogP contribution is 2.35. The summed E-state index contributed by atoms with van der Waals surface area (Å²) in [7, 11) is 0. The van der Waals surface area contributed by atoms with E-state index in [4.69, 9.17) is 14.9 Å². The highest BCUT2D eigenvalue weighted by Gasteiger charge is 2.24. The van der Waals surface area contributed by atoms with Gasteiger partial charge < -0.3 is 15.2 Å². The predicted octanol–water partition coefficient (Wildman–Crippen LogP) is 4.84. The summed E-state index contributed by atoms with van der Waals surface area (Å²) in [6.45, 7) is 0.533. The number of carboxylic acid groups (broad SMARTS) is 1. The topological polar surface area (TPSA) is 76.4 Å². The fourth-order valence-electron chi connectivity index (χ4n) is 5.04. The number of allylic oxidation sites excluding steroid dienone is 4. The number of benzene rings is 2. The molecule has 3 aromatic rings. The van der Waals surface area contributed by atoms with Gasteiger partial charge in [0.05, 0.1) is 6.20 Å². The molecule has 2 atom stereocenters. The van der Waals surface area contributed by atoms with E-state index in [1.165, 1.54) is 16.7 Å². The Morgan fingerprint density at radius 2 is 2.03 bits per heavy atom. The van der Waals surface area contributed by atoms with Gasteiger partial charge in [-0.3, -0.25) is 4.68 Å². The van der Waals surface area contributed by atoms with Gasteiger partial charge in [-0.2, -0.15) is 5.10 Å². The Labute approximate surface area is 205 Å². The van der Waals surface area contributed by atoms with E-state index < -0.39 is 5.97 Å². The predicted molar refractivity (Wildman–Crippen MR) is 135 cm³/mol. The minimum atomic E-state index is -0.957. The maximum Gasteiger partial charge on any atom is 0.341 e. The largest absolute Gasteiger partial charge is 0.482 e. The van der Waals surface area contributed by atoms with Crippen molar-refractivity contribution in [3.63, 3.8) is 0 Å². The van der Waals surface area contributed by atoms with Gasteiger partial charge in [-0.25, -0.2) is 4.79 Å². The molecular weight excluding hydrogens is 438 g/mol. The van der Waals surface area contributed by atoms with Crippen LogP contribution in [0.3, 0.4) is 0 Å². The maximum absolute atomic E-state index is 10.9. The number of nitrogens with zero attached hydrogens (tertiary/aromatic N) is 2. The number of hydrogen-bond donors (Lipinski definition) is 2. The van der Waals surface area contributed by atoms with Gasteiger partial charge in [-0.15, -0.1) is 0 Å². The molecule has 2 unspecified atom stereocenters. The monoisotopic (exact) mass is 467 g/mol. The average molecular weight is 468 g/mol. The first-order valence-corrected chi connectivity index (χ1v) is 12.0. The van der Waals surface area contributed by atoms with E-state index in [2.05, 4.69) is 64.9 Å². The van der Waals surface area contributed by atoms with Crippen LogP contribution in [0.4, 0.5) is 0 Å². The number of fused-ring (bicyclic) bond motifs is 1. The Morgan fingerprint density at radius 3 is 2.89 bits per heavy atom. The Balaban J connectivity index is 1.33. The third kappa shape index (κ3) is 5.38. The van der Waals surface area contributed by atoms with Gasteiger partial charge in [0.25, 0.3) is 0 Å². The molecule has 6 nitrogen and oxygen atoms in total. The smallest absolute Gasteiger partial charge is 0.341 e. The van der Waals surface area contributed by atoms with Crippen molar-refractivity contribution in [3.05, 3.63) is 119 Å². The number of ether oxygens (including phenoxy) is 1. The second-order valence-corrected chi connectivity index (χ2v) is 9.05. The van der Waals surface area contributed by atoms with Gasteiger partial charge in [0.15, 0.2) is 6.61 Å². The lowest BCUT2D eigenvalue weighted by atomic mass is 9.83. The van der Waals surface area contributed by atoms with Gasteiger partial charge in [-0.1, -0.05) is 54.6 Å². The summed E-state index contributed by atoms with van der Waals surface area (Å²) < 4.78 is 7.59. The van der Waals surface area contributed by atoms with Gasteiger partial charge in [0.2, 0.25) is 0 Å². The van der Waals surface area contributed by atoms with Crippen LogP contribution in [0.2, 0.25) is 0 Å². The number of aromatic nitrogens is 2. The van der Waals surface area contributed by atoms with E-state index >= 15 is 0 Å². The van der Waals surface area contributed by atoms with Crippen molar-refractivity contribution < 1.29 is 14.6 Å². The lowest BCUT2D eigenvalue weighted by Crippen LogP contribution is -2.21. The third-order valence-corrected chi connectivity index (χ3v) is 6.63. The Bertz CT molecular complexity index is 1270. The van der Waals surface area contributed by atoms with Gasteiger partial charge in [-0.05, 0) is 59.6 Å². The maximum atomic E-state index is 10.9. The van der Waals surface area contributed by atoms with Crippen LogP contribution in [-0.2, 0) is 24.2 Å². The van der Waals surface area contributed by atoms with E-state index in [1.54, 1.807) is 0 Å². The molecule has 0 saturated carbocycles. The van der Waals surface area contributed by atoms with Crippen LogP contribution in [0.25, 0.3) is 0 Å². The molecule has 2 heterocycles. The van der Waals surface area contributed by atoms with Crippen molar-refractivity contribution in [1.82, 2.24) is 15.1 Å². The Hall–Kier alpha value is -4.06. The highest BCUT2D eigenvalue weighted by atomic mass is 16.5. The lowest BCUT2D eigenvalue weighted by Gasteiger charge is -2.26. The molecule has 1 aliphatic carbocycles. The molecule has 35 heavy (non-hydrogen) atoms. The molecule has 0 amide bonds. The summed E-state index contributed by atoms with van der Waals surface area (Å²) in [6.07, 6.45) is 17.2. The molecule has 0 fully saturated rings. The molecule has 1 aromatic heterocycles. The number of aliphatic carboxylic acids is 1. The number of carboxylic acids is 1. The van der Waals surface area contributed by atoms with Crippen molar-refractivity contribution >= 4 is 5.97 Å². The molecule has 0 bridgehead atoms. The fourth-order valence-corrected chi connectivity index (χ4v) is 5.04. The summed E-state index contributed by atoms with van der Waals surface area (Å²) in [5.41, 5.74) is 5.96. The molecular formula is C29H29N3O3. The molecule has 5 rings (SSSR count). The minimum Gasteiger partial charge on any atom is -0.482 e. The van der Waals surface area contributed by atoms with Gasteiger partial charge >= 0.3 is 5.97 Å². The standard InChI is InChI=1S/C29H29N3O3/c33-28(34)20-35-27-11-6-10-23-15-21(12-13-26(23)27)18-32-19-25(17-31-32)29(22-7-2-1-3-8-22)24-9-4-5-14-30-16-24/h1-11,14,16-17,19,21,29-30H,12-13,15,18,20H2,(H,33,34). The van der Waals surface area contributed by atoms with Crippen molar-refractivity contribution in [3.8, 4) is 5.75 Å². The van der Waals surface area contributed by atoms with E-state index in [-0.39, 0.29) is 12.5 Å². The fraction of sp³-hybridized carbons (Fsp3) is 0.241. The van der Waals surface area contributed by atoms with Gasteiger partial charge in [0, 0.05) is 36.6 Å². The quantitative estimate of drug-likeness (QED) is 0.496. The number of rotatable bonds is 8. The number of nitrogens with one attached hydrogen (secondary N) is 1. The van der Waals surface area contributed by atoms with Crippen LogP contribution in [0.5, 0.6) is 5.75 Å². The summed E-state index contributed by atoms with van der Waals surface area (Å²) >= 11 is 0. The van der Waals surface area contributed by atoms with E-state index in [0.717, 1.165) is 36.9 Å². The average Bonchev–Trinajstić information content (AvgIpc) is 3.15. The highest BCUT2D eigenvalue weighted by molar-refractivity contribution is 5.68. The summed E-state index contributed by atoms with van der Waals surface area (Å²) in [5, 5.41) is 16.9. The van der Waals surface area contributed by atoms with Crippen LogP contribution in [-0.4, -0.2) is 27.5 Å². The first-order chi connectivity index (χ1) is 17.2. The van der Waals surface area contributed by atoms with Crippen LogP contribution in [0.1, 0.15) is 34.6 Å². The number of carbonyl (C=O) groups is 1. The lowest BCUT2D eigenvalue weighted by molar-refractivity contribution is -0.139. The molecule has 0 spiro atoms. The summed E-state index contributed by atoms with van der Waals surface area (Å²) in [5.74, 6) is 0.294. The second kappa shape index (κ2) is 10.5. The summed E-state index contributed by atoms with van der Waals surface area (Å²) in [6, 6.07) is 16.5. The normalized spacial score (nSPS) is 17.6. The zero-order valence-electron chi connectivity index (χ0n) is 19.5. The zero-order chi connectivity index (χ0) is 24.0. The van der Waals surface area contributed by atoms with Gasteiger partial charge in [0.1, 0.15) is 5.75 Å². The third-order valence-electron chi connectivity index (χ3n) is 6.63. The van der Waals surface area contributed by atoms with Crippen LogP contribution in [0.15, 0.2) is 97.1 Å². The SMILES string of the molecule is O=C(O)COc1cccc2c1CCC(Cn1cc(C(C3=CNC=CC=C3)c3ccccc3)cn1)C2. The molecule has 0 radical (unpaired) electrons. The molecule has 2 aliphatic rings. The van der Waals surface area contributed by atoms with Crippen LogP contribution >= 0.6 is 0 Å². The van der Waals surface area contributed by atoms with Crippen molar-refractivity contribution in [2.24, 2.45) is 5.92 Å². The van der Waals surface area contributed by atoms with E-state index in [1.807, 2.05) is 36.7 Å². The second-order valence-electron chi connectivity index (χ2n) is 9.05. The Morgan fingerprint density at radius 1 is 1.14 bits per heavy atom. The van der Waals surface area contributed by atoms with Crippen molar-refractivity contribution in [2.45, 2.75) is 31.7 Å². The van der Waals surface area contributed by atoms with Crippen LogP contribution in [0, 0.1) is 5.92 Å². The molecule has 2 N–H and O–H groups in total. The first kappa shape index (κ1) is 22.7. The first-order valence-electron chi connectivity index (χ1n) is 12.0. The molecule has 1 aliphatic heterocycles. The van der Waals surface area contributed by atoms with E-state index in [9.17, 15) is 4.79 Å². The minimum absolute atomic E-state index is 0.0922.